The highest BCUT2D eigenvalue weighted by atomic mass is 28.4. The number of hydrogen-bond acceptors (Lipinski definition) is 9. The lowest BCUT2D eigenvalue weighted by Crippen LogP contribution is -2.47. The molecule has 0 atom stereocenters. The summed E-state index contributed by atoms with van der Waals surface area (Å²) in [6, 6.07) is 10.6. The van der Waals surface area contributed by atoms with E-state index in [0.717, 1.165) is 17.5 Å². The van der Waals surface area contributed by atoms with Gasteiger partial charge in [-0.25, -0.2) is 0 Å². The van der Waals surface area contributed by atoms with E-state index < -0.39 is 17.6 Å². The summed E-state index contributed by atoms with van der Waals surface area (Å²) < 4.78 is 35.7. The fraction of sp³-hybridized carbons (Fsp3) is 0.600. The van der Waals surface area contributed by atoms with Crippen molar-refractivity contribution in [2.45, 2.75) is 66.5 Å². The molecule has 1 N–H and O–H groups in total. The molecule has 2 aromatic rings. The average Bonchev–Trinajstić information content (AvgIpc) is 2.97. The van der Waals surface area contributed by atoms with Crippen LogP contribution in [0.4, 0.5) is 5.69 Å². The first-order chi connectivity index (χ1) is 20.3. The highest BCUT2D eigenvalue weighted by Gasteiger charge is 2.41. The first kappa shape index (κ1) is 34.3. The Labute approximate surface area is 252 Å². The molecular formula is C30H48N2O8Si2. The molecule has 12 heteroatoms. The maximum absolute atomic E-state index is 13.6. The van der Waals surface area contributed by atoms with Gasteiger partial charge in [-0.1, -0.05) is 12.1 Å². The molecule has 1 heterocycles. The maximum Gasteiger partial charge on any atom is 0.500 e. The van der Waals surface area contributed by atoms with Crippen molar-refractivity contribution in [3.8, 4) is 0 Å². The molecule has 0 aromatic heterocycles. The molecule has 0 fully saturated rings. The van der Waals surface area contributed by atoms with Gasteiger partial charge in [0, 0.05) is 92.4 Å². The molecule has 0 radical (unpaired) electrons. The van der Waals surface area contributed by atoms with Crippen LogP contribution in [0.2, 0.25) is 12.1 Å². The molecule has 2 aromatic carbocycles. The summed E-state index contributed by atoms with van der Waals surface area (Å²) in [6.07, 6.45) is 1.32. The third-order valence-corrected chi connectivity index (χ3v) is 13.3. The van der Waals surface area contributed by atoms with Crippen molar-refractivity contribution in [2.24, 2.45) is 0 Å². The summed E-state index contributed by atoms with van der Waals surface area (Å²) in [5.41, 5.74) is 1.94. The highest BCUT2D eigenvalue weighted by molar-refractivity contribution is 6.61. The normalized spacial score (nSPS) is 13.8. The van der Waals surface area contributed by atoms with Gasteiger partial charge in [-0.2, -0.15) is 0 Å². The van der Waals surface area contributed by atoms with Gasteiger partial charge in [0.15, 0.2) is 0 Å². The number of carbonyl (C=O) groups excluding carboxylic acids is 2. The SMILES string of the molecule is CCO[Si](CCCNc1ccc2c3c(cccc13)C(=O)N(CCC[Si](OCC)(OCC)OCC)C2=O)(OCC)OCC. The Hall–Kier alpha value is -2.17. The lowest BCUT2D eigenvalue weighted by molar-refractivity contribution is 0.0578. The Morgan fingerprint density at radius 2 is 1.12 bits per heavy atom. The molecule has 0 aliphatic carbocycles. The summed E-state index contributed by atoms with van der Waals surface area (Å²) >= 11 is 0. The summed E-state index contributed by atoms with van der Waals surface area (Å²) in [4.78, 5) is 28.5. The minimum absolute atomic E-state index is 0.264. The van der Waals surface area contributed by atoms with Gasteiger partial charge >= 0.3 is 17.6 Å². The Kier molecular flexibility index (Phi) is 13.6. The fourth-order valence-electron chi connectivity index (χ4n) is 5.49. The van der Waals surface area contributed by atoms with E-state index in [-0.39, 0.29) is 18.4 Å². The number of carbonyl (C=O) groups is 2. The minimum atomic E-state index is -2.87. The Morgan fingerprint density at radius 1 is 0.643 bits per heavy atom. The molecule has 1 aliphatic heterocycles. The van der Waals surface area contributed by atoms with Crippen molar-refractivity contribution in [2.75, 3.05) is 58.0 Å². The largest absolute Gasteiger partial charge is 0.500 e. The number of nitrogens with zero attached hydrogens (tertiary/aromatic N) is 1. The monoisotopic (exact) mass is 620 g/mol. The van der Waals surface area contributed by atoms with E-state index in [2.05, 4.69) is 5.32 Å². The fourth-order valence-corrected chi connectivity index (χ4v) is 10.7. The van der Waals surface area contributed by atoms with Crippen molar-refractivity contribution in [3.63, 3.8) is 0 Å². The molecule has 234 valence electrons. The zero-order valence-corrected chi connectivity index (χ0v) is 28.1. The topological polar surface area (TPSA) is 105 Å². The number of nitrogens with one attached hydrogen (secondary N) is 1. The van der Waals surface area contributed by atoms with Crippen LogP contribution in [-0.2, 0) is 26.6 Å². The molecular weight excluding hydrogens is 573 g/mol. The van der Waals surface area contributed by atoms with Crippen LogP contribution in [0.5, 0.6) is 0 Å². The molecule has 1 aliphatic rings. The van der Waals surface area contributed by atoms with Crippen molar-refractivity contribution in [1.29, 1.82) is 0 Å². The number of rotatable bonds is 21. The second-order valence-electron chi connectivity index (χ2n) is 9.75. The van der Waals surface area contributed by atoms with Crippen molar-refractivity contribution < 1.29 is 36.1 Å². The summed E-state index contributed by atoms with van der Waals surface area (Å²) in [7, 11) is -5.59. The number of hydrogen-bond donors (Lipinski definition) is 1. The van der Waals surface area contributed by atoms with Gasteiger partial charge in [0.1, 0.15) is 0 Å². The van der Waals surface area contributed by atoms with E-state index in [1.807, 2.05) is 65.8 Å². The van der Waals surface area contributed by atoms with E-state index in [1.165, 1.54) is 4.90 Å². The van der Waals surface area contributed by atoms with Gasteiger partial charge in [-0.3, -0.25) is 14.5 Å². The second-order valence-corrected chi connectivity index (χ2v) is 15.2. The summed E-state index contributed by atoms with van der Waals surface area (Å²) in [5, 5.41) is 5.04. The molecule has 0 saturated heterocycles. The first-order valence-corrected chi connectivity index (χ1v) is 19.2. The van der Waals surface area contributed by atoms with E-state index in [1.54, 1.807) is 6.07 Å². The van der Waals surface area contributed by atoms with Crippen LogP contribution in [0.3, 0.4) is 0 Å². The standard InChI is InChI=1S/C30H48N2O8Si2/c1-7-35-41(36-8-2,37-9-3)22-14-20-31-27-19-18-26-28-24(27)16-13-17-25(28)29(33)32(30(26)34)21-15-23-42(38-10-4,39-11-5)40-12-6/h13,16-19,31H,7-12,14-15,20-23H2,1-6H3. The summed E-state index contributed by atoms with van der Waals surface area (Å²) in [6.45, 7) is 15.6. The van der Waals surface area contributed by atoms with E-state index in [0.29, 0.717) is 81.2 Å². The molecule has 0 spiro atoms. The molecule has 10 nitrogen and oxygen atoms in total. The highest BCUT2D eigenvalue weighted by Crippen LogP contribution is 2.35. The maximum atomic E-state index is 13.6. The number of benzene rings is 2. The zero-order valence-electron chi connectivity index (χ0n) is 26.1. The minimum Gasteiger partial charge on any atom is -0.385 e. The number of anilines is 1. The van der Waals surface area contributed by atoms with E-state index >= 15 is 0 Å². The quantitative estimate of drug-likeness (QED) is 0.107. The molecule has 3 rings (SSSR count). The van der Waals surface area contributed by atoms with Gasteiger partial charge in [0.25, 0.3) is 11.8 Å². The Morgan fingerprint density at radius 3 is 1.62 bits per heavy atom. The first-order valence-electron chi connectivity index (χ1n) is 15.3. The van der Waals surface area contributed by atoms with Crippen LogP contribution < -0.4 is 5.32 Å². The average molecular weight is 621 g/mol. The lowest BCUT2D eigenvalue weighted by Gasteiger charge is -2.31. The molecule has 42 heavy (non-hydrogen) atoms. The van der Waals surface area contributed by atoms with Crippen molar-refractivity contribution >= 4 is 45.9 Å². The lowest BCUT2D eigenvalue weighted by atomic mass is 9.93. The Bertz CT molecular complexity index is 1130. The van der Waals surface area contributed by atoms with Gasteiger partial charge in [0.05, 0.1) is 0 Å². The third kappa shape index (κ3) is 8.05. The molecule has 0 saturated carbocycles. The van der Waals surface area contributed by atoms with Crippen LogP contribution in [0.15, 0.2) is 30.3 Å². The van der Waals surface area contributed by atoms with E-state index in [4.69, 9.17) is 26.6 Å². The van der Waals surface area contributed by atoms with Gasteiger partial charge in [-0.05, 0) is 72.6 Å². The number of amides is 2. The predicted molar refractivity (Wildman–Crippen MR) is 168 cm³/mol. The Balaban J connectivity index is 1.74. The second kappa shape index (κ2) is 16.6. The van der Waals surface area contributed by atoms with Gasteiger partial charge in [0.2, 0.25) is 0 Å². The molecule has 0 bridgehead atoms. The predicted octanol–water partition coefficient (Wildman–Crippen LogP) is 5.72. The number of imide groups is 1. The van der Waals surface area contributed by atoms with Crippen molar-refractivity contribution in [3.05, 3.63) is 41.5 Å². The zero-order chi connectivity index (χ0) is 30.6. The smallest absolute Gasteiger partial charge is 0.385 e. The van der Waals surface area contributed by atoms with Crippen LogP contribution in [0.25, 0.3) is 10.8 Å². The van der Waals surface area contributed by atoms with Gasteiger partial charge in [-0.15, -0.1) is 0 Å². The van der Waals surface area contributed by atoms with Crippen molar-refractivity contribution in [1.82, 2.24) is 4.90 Å². The van der Waals surface area contributed by atoms with Crippen LogP contribution in [0.1, 0.15) is 75.1 Å². The van der Waals surface area contributed by atoms with Crippen LogP contribution in [0, 0.1) is 0 Å². The molecule has 0 unspecified atom stereocenters. The molecule has 2 amide bonds. The summed E-state index contributed by atoms with van der Waals surface area (Å²) in [5.74, 6) is -0.569. The van der Waals surface area contributed by atoms with Gasteiger partial charge < -0.3 is 31.9 Å². The van der Waals surface area contributed by atoms with Crippen LogP contribution >= 0.6 is 0 Å². The third-order valence-electron chi connectivity index (χ3n) is 7.02. The van der Waals surface area contributed by atoms with Crippen LogP contribution in [-0.4, -0.2) is 87.1 Å². The van der Waals surface area contributed by atoms with E-state index in [9.17, 15) is 9.59 Å².